The second-order valence-corrected chi connectivity index (χ2v) is 21.0. The molecule has 2 aliphatic heterocycles. The van der Waals surface area contributed by atoms with E-state index in [0.717, 1.165) is 19.3 Å². The number of sulfonamides is 2. The number of rotatable bonds is 16. The van der Waals surface area contributed by atoms with Gasteiger partial charge in [0, 0.05) is 47.7 Å². The van der Waals surface area contributed by atoms with Crippen LogP contribution in [0, 0.1) is 34.5 Å². The minimum absolute atomic E-state index is 0.0239. The fourth-order valence-electron chi connectivity index (χ4n) is 6.94. The first-order chi connectivity index (χ1) is 24.9. The molecule has 2 saturated heterocycles. The van der Waals surface area contributed by atoms with Crippen molar-refractivity contribution in [3.63, 3.8) is 0 Å². The maximum Gasteiger partial charge on any atom is 0.477 e. The lowest BCUT2D eigenvalue weighted by molar-refractivity contribution is 0.00464. The summed E-state index contributed by atoms with van der Waals surface area (Å²) in [4.78, 5) is 18.3. The van der Waals surface area contributed by atoms with Crippen LogP contribution in [0.2, 0.25) is 0 Å². The molecule has 14 nitrogen and oxygen atoms in total. The largest absolute Gasteiger partial charge is 0.477 e. The molecular formula is C36H53N4O10PS2. The summed E-state index contributed by atoms with van der Waals surface area (Å²) in [5.41, 5.74) is 2.99. The van der Waals surface area contributed by atoms with Gasteiger partial charge in [0.05, 0.1) is 28.7 Å². The molecule has 0 aliphatic carbocycles. The minimum atomic E-state index is -4.01. The standard InChI is InChI=1S/C36H53N4O10PS2/c1-24(2)21-48-51(42,49-22-25(3)4)50-23-47-38-36-31-12-10-29(52(43,44)39-14-8-9-26(5)18-39)16-33(31)35(37-41)34-17-30(11-13-32(34)36)53(45,46)40-19-27(6)15-28(7)20-40/h10-13,16-17,24-28,38H,8-9,14-15,18-23H2,1-7H3/t26-,27-,28+/m1/s1. The second kappa shape index (κ2) is 17.1. The van der Waals surface area contributed by atoms with Crippen LogP contribution < -0.4 is 5.48 Å². The third-order valence-electron chi connectivity index (χ3n) is 9.43. The molecule has 3 aromatic rings. The number of benzene rings is 3. The van der Waals surface area contributed by atoms with E-state index in [1.54, 1.807) is 12.1 Å². The van der Waals surface area contributed by atoms with Crippen LogP contribution in [0.1, 0.15) is 67.7 Å². The van der Waals surface area contributed by atoms with Crippen LogP contribution in [0.5, 0.6) is 0 Å². The molecule has 53 heavy (non-hydrogen) atoms. The predicted molar refractivity (Wildman–Crippen MR) is 206 cm³/mol. The number of nitrogens with zero attached hydrogens (tertiary/aromatic N) is 3. The van der Waals surface area contributed by atoms with Crippen LogP contribution in [0.3, 0.4) is 0 Å². The zero-order valence-corrected chi connectivity index (χ0v) is 34.1. The monoisotopic (exact) mass is 796 g/mol. The van der Waals surface area contributed by atoms with Gasteiger partial charge in [0.1, 0.15) is 5.69 Å². The molecule has 2 heterocycles. The topological polar surface area (TPSA) is 170 Å². The van der Waals surface area contributed by atoms with Gasteiger partial charge >= 0.3 is 7.82 Å². The SMILES string of the molecule is CC(C)COP(=O)(OCONc1c2ccc(S(=O)(=O)N3CCC[C@@H](C)C3)cc2c(N=O)c2cc(S(=O)(=O)N3C[C@H](C)C[C@H](C)C3)ccc12)OCC(C)C. The average Bonchev–Trinajstić information content (AvgIpc) is 3.10. The van der Waals surface area contributed by atoms with Gasteiger partial charge in [0.25, 0.3) is 0 Å². The Bertz CT molecular complexity index is 2040. The lowest BCUT2D eigenvalue weighted by atomic mass is 9.94. The first-order valence-corrected chi connectivity index (χ1v) is 22.6. The Kier molecular flexibility index (Phi) is 13.4. The molecule has 17 heteroatoms. The van der Waals surface area contributed by atoms with Crippen molar-refractivity contribution < 1.29 is 39.8 Å². The fraction of sp³-hybridized carbons (Fsp3) is 0.611. The molecule has 1 N–H and O–H groups in total. The highest BCUT2D eigenvalue weighted by Gasteiger charge is 2.34. The number of nitroso groups, excluding NO2 is 1. The van der Waals surface area contributed by atoms with Crippen LogP contribution in [-0.2, 0) is 43.0 Å². The molecule has 294 valence electrons. The summed E-state index contributed by atoms with van der Waals surface area (Å²) >= 11 is 0. The number of hydrogen-bond acceptors (Lipinski definition) is 12. The molecule has 2 fully saturated rings. The number of anilines is 1. The highest BCUT2D eigenvalue weighted by atomic mass is 32.2. The van der Waals surface area contributed by atoms with Gasteiger partial charge in [0.2, 0.25) is 20.0 Å². The zero-order chi connectivity index (χ0) is 38.7. The molecule has 2 aliphatic rings. The van der Waals surface area contributed by atoms with Crippen molar-refractivity contribution in [2.75, 3.05) is 51.7 Å². The van der Waals surface area contributed by atoms with Gasteiger partial charge in [-0.1, -0.05) is 60.6 Å². The number of hydrogen-bond donors (Lipinski definition) is 1. The van der Waals surface area contributed by atoms with Crippen LogP contribution in [0.15, 0.2) is 51.4 Å². The normalized spacial score (nSPS) is 21.2. The number of fused-ring (bicyclic) bond motifs is 2. The molecular weight excluding hydrogens is 744 g/mol. The van der Waals surface area contributed by atoms with Gasteiger partial charge in [-0.2, -0.15) is 8.61 Å². The molecule has 3 aromatic carbocycles. The van der Waals surface area contributed by atoms with E-state index in [9.17, 15) is 26.3 Å². The van der Waals surface area contributed by atoms with Crippen LogP contribution in [0.25, 0.3) is 21.5 Å². The lowest BCUT2D eigenvalue weighted by Gasteiger charge is -2.34. The minimum Gasteiger partial charge on any atom is -0.287 e. The van der Waals surface area contributed by atoms with Gasteiger partial charge in [-0.25, -0.2) is 26.2 Å². The summed E-state index contributed by atoms with van der Waals surface area (Å²) in [5, 5.41) is 4.44. The summed E-state index contributed by atoms with van der Waals surface area (Å²) in [6, 6.07) is 8.83. The second-order valence-electron chi connectivity index (χ2n) is 15.4. The van der Waals surface area contributed by atoms with Crippen molar-refractivity contribution in [1.82, 2.24) is 8.61 Å². The third kappa shape index (κ3) is 9.65. The maximum atomic E-state index is 14.0. The Morgan fingerprint density at radius 2 is 1.28 bits per heavy atom. The Labute approximate surface area is 313 Å². The Balaban J connectivity index is 1.58. The zero-order valence-electron chi connectivity index (χ0n) is 31.6. The first kappa shape index (κ1) is 41.6. The average molecular weight is 797 g/mol. The fourth-order valence-corrected chi connectivity index (χ4v) is 11.6. The highest BCUT2D eigenvalue weighted by molar-refractivity contribution is 7.89. The lowest BCUT2D eigenvalue weighted by Crippen LogP contribution is -2.42. The van der Waals surface area contributed by atoms with Gasteiger partial charge in [-0.15, -0.1) is 4.91 Å². The summed E-state index contributed by atoms with van der Waals surface area (Å²) in [6.07, 6.45) is 2.58. The molecule has 0 amide bonds. The Morgan fingerprint density at radius 3 is 1.77 bits per heavy atom. The van der Waals surface area contributed by atoms with Crippen molar-refractivity contribution in [1.29, 1.82) is 0 Å². The van der Waals surface area contributed by atoms with E-state index in [4.69, 9.17) is 18.4 Å². The van der Waals surface area contributed by atoms with E-state index in [2.05, 4.69) is 10.7 Å². The smallest absolute Gasteiger partial charge is 0.287 e. The van der Waals surface area contributed by atoms with Gasteiger partial charge in [-0.3, -0.25) is 19.1 Å². The van der Waals surface area contributed by atoms with Crippen molar-refractivity contribution in [2.45, 2.75) is 77.5 Å². The van der Waals surface area contributed by atoms with E-state index in [1.807, 2.05) is 48.5 Å². The number of phosphoric acid groups is 1. The van der Waals surface area contributed by atoms with E-state index >= 15 is 0 Å². The van der Waals surface area contributed by atoms with E-state index in [-0.39, 0.29) is 74.7 Å². The van der Waals surface area contributed by atoms with Crippen molar-refractivity contribution in [2.24, 2.45) is 34.8 Å². The molecule has 5 rings (SSSR count). The van der Waals surface area contributed by atoms with Crippen molar-refractivity contribution in [3.05, 3.63) is 41.3 Å². The molecule has 0 radical (unpaired) electrons. The summed E-state index contributed by atoms with van der Waals surface area (Å²) in [5.74, 6) is 0.645. The van der Waals surface area contributed by atoms with Gasteiger partial charge < -0.3 is 0 Å². The maximum absolute atomic E-state index is 14.0. The molecule has 0 unspecified atom stereocenters. The van der Waals surface area contributed by atoms with Crippen LogP contribution >= 0.6 is 7.82 Å². The van der Waals surface area contributed by atoms with Crippen molar-refractivity contribution in [3.8, 4) is 0 Å². The van der Waals surface area contributed by atoms with Crippen LogP contribution in [0.4, 0.5) is 11.4 Å². The summed E-state index contributed by atoms with van der Waals surface area (Å²) in [7, 11) is -11.9. The van der Waals surface area contributed by atoms with Crippen LogP contribution in [-0.4, -0.2) is 71.6 Å². The molecule has 0 spiro atoms. The highest BCUT2D eigenvalue weighted by Crippen LogP contribution is 2.50. The Morgan fingerprint density at radius 1 is 0.774 bits per heavy atom. The molecule has 0 bridgehead atoms. The molecule has 0 aromatic heterocycles. The Hall–Kier alpha value is -2.53. The number of piperidine rings is 2. The van der Waals surface area contributed by atoms with E-state index in [1.165, 1.54) is 32.9 Å². The predicted octanol–water partition coefficient (Wildman–Crippen LogP) is 8.25. The quantitative estimate of drug-likeness (QED) is 0.0370. The first-order valence-electron chi connectivity index (χ1n) is 18.2. The van der Waals surface area contributed by atoms with Gasteiger partial charge in [-0.05, 0) is 78.3 Å². The molecule has 0 saturated carbocycles. The number of phosphoric ester groups is 1. The van der Waals surface area contributed by atoms with Crippen molar-refractivity contribution >= 4 is 60.8 Å². The van der Waals surface area contributed by atoms with E-state index < -0.39 is 34.7 Å². The number of nitrogens with one attached hydrogen (secondary N) is 1. The third-order valence-corrected chi connectivity index (χ3v) is 14.5. The van der Waals surface area contributed by atoms with E-state index in [0.29, 0.717) is 37.0 Å². The summed E-state index contributed by atoms with van der Waals surface area (Å²) < 4.78 is 88.5. The summed E-state index contributed by atoms with van der Waals surface area (Å²) in [6.45, 7) is 14.8. The van der Waals surface area contributed by atoms with Gasteiger partial charge in [0.15, 0.2) is 6.79 Å². The molecule has 3 atom stereocenters.